The lowest BCUT2D eigenvalue weighted by molar-refractivity contribution is -0.121. The third-order valence-electron chi connectivity index (χ3n) is 4.31. The first-order chi connectivity index (χ1) is 14.4. The summed E-state index contributed by atoms with van der Waals surface area (Å²) in [5.41, 5.74) is 2.39. The highest BCUT2D eigenvalue weighted by atomic mass is 19.3. The van der Waals surface area contributed by atoms with E-state index in [9.17, 15) is 18.7 Å². The number of aryl methyl sites for hydroxylation is 2. The zero-order chi connectivity index (χ0) is 21.5. The van der Waals surface area contributed by atoms with E-state index < -0.39 is 12.7 Å². The molecule has 0 saturated carbocycles. The quantitative estimate of drug-likeness (QED) is 0.554. The molecule has 0 spiro atoms. The lowest BCUT2D eigenvalue weighted by Crippen LogP contribution is -2.28. The van der Waals surface area contributed by atoms with Crippen LogP contribution < -0.4 is 10.1 Å². The molecule has 0 radical (unpaired) electrons. The molecule has 1 aromatic heterocycles. The van der Waals surface area contributed by atoms with Crippen molar-refractivity contribution in [3.8, 4) is 17.2 Å². The van der Waals surface area contributed by atoms with Gasteiger partial charge in [-0.3, -0.25) is 4.79 Å². The summed E-state index contributed by atoms with van der Waals surface area (Å²) in [6, 6.07) is 13.2. The smallest absolute Gasteiger partial charge is 0.387 e. The van der Waals surface area contributed by atoms with E-state index in [1.807, 2.05) is 31.2 Å². The van der Waals surface area contributed by atoms with Crippen LogP contribution in [-0.2, 0) is 11.2 Å². The molecule has 0 bridgehead atoms. The second-order valence-electron chi connectivity index (χ2n) is 6.63. The molecular weight excluding hydrogens is 396 g/mol. The number of nitrogens with one attached hydrogen (secondary N) is 1. The second kappa shape index (κ2) is 9.93. The summed E-state index contributed by atoms with van der Waals surface area (Å²) in [6.07, 6.45) is -0.602. The van der Waals surface area contributed by atoms with E-state index in [4.69, 9.17) is 4.42 Å². The number of halogens is 2. The van der Waals surface area contributed by atoms with E-state index in [0.29, 0.717) is 17.3 Å². The number of hydrogen-bond donors (Lipinski definition) is 2. The Morgan fingerprint density at radius 3 is 2.50 bits per heavy atom. The van der Waals surface area contributed by atoms with Gasteiger partial charge in [0.25, 0.3) is 0 Å². The Morgan fingerprint density at radius 1 is 1.13 bits per heavy atom. The number of carbonyl (C=O) groups is 1. The maximum atomic E-state index is 12.2. The lowest BCUT2D eigenvalue weighted by Gasteiger charge is -2.13. The summed E-state index contributed by atoms with van der Waals surface area (Å²) in [5.74, 6) is 0.437. The van der Waals surface area contributed by atoms with Crippen LogP contribution in [0.5, 0.6) is 5.75 Å². The van der Waals surface area contributed by atoms with Crippen LogP contribution in [0.25, 0.3) is 11.5 Å². The van der Waals surface area contributed by atoms with Crippen LogP contribution in [0.4, 0.5) is 8.78 Å². The standard InChI is InChI=1S/C21H21F2N3O4/c1-13-2-4-15(5-3-13)20-26-25-19(30-20)11-10-18(28)24-12-17(27)14-6-8-16(9-7-14)29-21(22)23/h2-9,17,21,27H,10-12H2,1H3,(H,24,28). The number of aliphatic hydroxyl groups excluding tert-OH is 1. The average Bonchev–Trinajstić information content (AvgIpc) is 3.20. The molecule has 1 heterocycles. The van der Waals surface area contributed by atoms with Crippen molar-refractivity contribution >= 4 is 5.91 Å². The molecule has 0 saturated heterocycles. The fourth-order valence-corrected chi connectivity index (χ4v) is 2.68. The minimum absolute atomic E-state index is 0.00505. The van der Waals surface area contributed by atoms with Gasteiger partial charge in [0.2, 0.25) is 17.7 Å². The number of amides is 1. The predicted molar refractivity (Wildman–Crippen MR) is 104 cm³/mol. The van der Waals surface area contributed by atoms with Gasteiger partial charge >= 0.3 is 6.61 Å². The van der Waals surface area contributed by atoms with Crippen molar-refractivity contribution < 1.29 is 27.8 Å². The van der Waals surface area contributed by atoms with Crippen LogP contribution in [0.3, 0.4) is 0 Å². The van der Waals surface area contributed by atoms with Gasteiger partial charge in [-0.1, -0.05) is 29.8 Å². The Kier molecular flexibility index (Phi) is 7.08. The third-order valence-corrected chi connectivity index (χ3v) is 4.31. The minimum Gasteiger partial charge on any atom is -0.435 e. The predicted octanol–water partition coefficient (Wildman–Crippen LogP) is 3.43. The molecule has 0 aliphatic carbocycles. The maximum Gasteiger partial charge on any atom is 0.387 e. The van der Waals surface area contributed by atoms with Gasteiger partial charge in [0.05, 0.1) is 6.10 Å². The largest absolute Gasteiger partial charge is 0.435 e. The first-order valence-electron chi connectivity index (χ1n) is 9.29. The fraction of sp³-hybridized carbons (Fsp3) is 0.286. The van der Waals surface area contributed by atoms with E-state index in [1.54, 1.807) is 0 Å². The van der Waals surface area contributed by atoms with Gasteiger partial charge in [0.15, 0.2) is 0 Å². The van der Waals surface area contributed by atoms with Gasteiger partial charge in [-0.2, -0.15) is 8.78 Å². The molecule has 0 aliphatic heterocycles. The number of ether oxygens (including phenoxy) is 1. The average molecular weight is 417 g/mol. The molecule has 1 amide bonds. The van der Waals surface area contributed by atoms with Crippen molar-refractivity contribution in [1.82, 2.24) is 15.5 Å². The summed E-state index contributed by atoms with van der Waals surface area (Å²) in [5, 5.41) is 20.7. The van der Waals surface area contributed by atoms with E-state index >= 15 is 0 Å². The highest BCUT2D eigenvalue weighted by Crippen LogP contribution is 2.20. The molecule has 3 aromatic rings. The topological polar surface area (TPSA) is 97.5 Å². The highest BCUT2D eigenvalue weighted by Gasteiger charge is 2.13. The number of benzene rings is 2. The van der Waals surface area contributed by atoms with Crippen molar-refractivity contribution in [2.45, 2.75) is 32.5 Å². The third kappa shape index (κ3) is 6.08. The van der Waals surface area contributed by atoms with E-state index in [-0.39, 0.29) is 31.0 Å². The molecule has 1 atom stereocenters. The lowest BCUT2D eigenvalue weighted by atomic mass is 10.1. The maximum absolute atomic E-state index is 12.2. The summed E-state index contributed by atoms with van der Waals surface area (Å²) in [4.78, 5) is 12.0. The Balaban J connectivity index is 1.44. The Labute approximate surface area is 171 Å². The molecule has 2 N–H and O–H groups in total. The Hall–Kier alpha value is -3.33. The molecule has 1 unspecified atom stereocenters. The molecule has 0 fully saturated rings. The van der Waals surface area contributed by atoms with E-state index in [0.717, 1.165) is 11.1 Å². The normalized spacial score (nSPS) is 12.0. The van der Waals surface area contributed by atoms with Crippen LogP contribution in [-0.4, -0.2) is 34.4 Å². The molecule has 0 aliphatic rings. The molecule has 30 heavy (non-hydrogen) atoms. The van der Waals surface area contributed by atoms with Crippen LogP contribution in [0, 0.1) is 6.92 Å². The van der Waals surface area contributed by atoms with Gasteiger partial charge in [-0.05, 0) is 36.8 Å². The molecular formula is C21H21F2N3O4. The van der Waals surface area contributed by atoms with Crippen molar-refractivity contribution in [3.05, 3.63) is 65.5 Å². The van der Waals surface area contributed by atoms with Crippen molar-refractivity contribution in [3.63, 3.8) is 0 Å². The summed E-state index contributed by atoms with van der Waals surface area (Å²) in [6.45, 7) is -0.950. The Morgan fingerprint density at radius 2 is 1.83 bits per heavy atom. The first-order valence-corrected chi connectivity index (χ1v) is 9.29. The van der Waals surface area contributed by atoms with Gasteiger partial charge in [-0.15, -0.1) is 10.2 Å². The van der Waals surface area contributed by atoms with E-state index in [1.165, 1.54) is 24.3 Å². The van der Waals surface area contributed by atoms with Gasteiger partial charge in [-0.25, -0.2) is 0 Å². The van der Waals surface area contributed by atoms with Crippen LogP contribution >= 0.6 is 0 Å². The van der Waals surface area contributed by atoms with Crippen LogP contribution in [0.2, 0.25) is 0 Å². The van der Waals surface area contributed by atoms with Crippen LogP contribution in [0.15, 0.2) is 52.9 Å². The van der Waals surface area contributed by atoms with Crippen LogP contribution in [0.1, 0.15) is 29.5 Å². The van der Waals surface area contributed by atoms with Gasteiger partial charge in [0, 0.05) is 24.9 Å². The molecule has 158 valence electrons. The number of rotatable bonds is 9. The SMILES string of the molecule is Cc1ccc(-c2nnc(CCC(=O)NCC(O)c3ccc(OC(F)F)cc3)o2)cc1. The number of carbonyl (C=O) groups excluding carboxylic acids is 1. The summed E-state index contributed by atoms with van der Waals surface area (Å²) >= 11 is 0. The molecule has 2 aromatic carbocycles. The van der Waals surface area contributed by atoms with Crippen molar-refractivity contribution in [2.75, 3.05) is 6.54 Å². The number of aromatic nitrogens is 2. The van der Waals surface area contributed by atoms with E-state index in [2.05, 4.69) is 20.3 Å². The molecule has 3 rings (SSSR count). The number of nitrogens with zero attached hydrogens (tertiary/aromatic N) is 2. The van der Waals surface area contributed by atoms with Gasteiger partial charge in [0.1, 0.15) is 5.75 Å². The molecule has 7 nitrogen and oxygen atoms in total. The highest BCUT2D eigenvalue weighted by molar-refractivity contribution is 5.76. The molecule has 9 heteroatoms. The fourth-order valence-electron chi connectivity index (χ4n) is 2.68. The number of aliphatic hydroxyl groups is 1. The number of alkyl halides is 2. The summed E-state index contributed by atoms with van der Waals surface area (Å²) in [7, 11) is 0. The zero-order valence-corrected chi connectivity index (χ0v) is 16.2. The number of hydrogen-bond acceptors (Lipinski definition) is 6. The Bertz CT molecular complexity index is 959. The minimum atomic E-state index is -2.91. The zero-order valence-electron chi connectivity index (χ0n) is 16.2. The van der Waals surface area contributed by atoms with Crippen molar-refractivity contribution in [2.24, 2.45) is 0 Å². The van der Waals surface area contributed by atoms with Gasteiger partial charge < -0.3 is 19.6 Å². The summed E-state index contributed by atoms with van der Waals surface area (Å²) < 4.78 is 34.1. The first kappa shape index (κ1) is 21.4. The monoisotopic (exact) mass is 417 g/mol. The van der Waals surface area contributed by atoms with Crippen molar-refractivity contribution in [1.29, 1.82) is 0 Å². The second-order valence-corrected chi connectivity index (χ2v) is 6.63.